The van der Waals surface area contributed by atoms with Crippen molar-refractivity contribution in [1.29, 1.82) is 0 Å². The molecule has 1 saturated heterocycles. The van der Waals surface area contributed by atoms with E-state index < -0.39 is 0 Å². The molecule has 3 heterocycles. The number of amides is 1. The second-order valence-electron chi connectivity index (χ2n) is 8.38. The third kappa shape index (κ3) is 5.01. The van der Waals surface area contributed by atoms with Gasteiger partial charge in [-0.05, 0) is 47.5 Å². The number of anilines is 1. The van der Waals surface area contributed by atoms with Gasteiger partial charge < -0.3 is 9.80 Å². The maximum atomic E-state index is 13.0. The van der Waals surface area contributed by atoms with Gasteiger partial charge in [0.15, 0.2) is 0 Å². The molecular formula is C22H29BrN4O2. The minimum absolute atomic E-state index is 0. The van der Waals surface area contributed by atoms with E-state index in [-0.39, 0.29) is 18.5 Å². The van der Waals surface area contributed by atoms with Crippen molar-refractivity contribution >= 4 is 33.4 Å². The fourth-order valence-corrected chi connectivity index (χ4v) is 3.76. The van der Waals surface area contributed by atoms with Gasteiger partial charge in [0, 0.05) is 54.9 Å². The molecule has 2 aromatic rings. The molecule has 156 valence electrons. The third-order valence-corrected chi connectivity index (χ3v) is 5.45. The van der Waals surface area contributed by atoms with E-state index in [0.717, 1.165) is 29.8 Å². The average molecular weight is 461 g/mol. The first-order valence-corrected chi connectivity index (χ1v) is 10.6. The summed E-state index contributed by atoms with van der Waals surface area (Å²) in [5, 5.41) is 0. The second-order valence-corrected chi connectivity index (χ2v) is 9.30. The van der Waals surface area contributed by atoms with Crippen molar-refractivity contribution in [2.45, 2.75) is 34.1 Å². The summed E-state index contributed by atoms with van der Waals surface area (Å²) < 4.78 is 0.763. The quantitative estimate of drug-likeness (QED) is 0.644. The molecule has 29 heavy (non-hydrogen) atoms. The molecule has 0 unspecified atom stereocenters. The number of nitrogens with zero attached hydrogens (tertiary/aromatic N) is 4. The van der Waals surface area contributed by atoms with Gasteiger partial charge in [0.2, 0.25) is 11.7 Å². The lowest BCUT2D eigenvalue weighted by atomic mass is 9.94. The number of hydrogen-bond acceptors (Lipinski definition) is 5. The van der Waals surface area contributed by atoms with Gasteiger partial charge in [-0.25, -0.2) is 4.98 Å². The highest BCUT2D eigenvalue weighted by Gasteiger charge is 2.29. The van der Waals surface area contributed by atoms with Crippen LogP contribution in [-0.4, -0.2) is 52.7 Å². The van der Waals surface area contributed by atoms with Crippen LogP contribution < -0.4 is 4.90 Å². The van der Waals surface area contributed by atoms with E-state index in [1.165, 1.54) is 0 Å². The molecule has 0 atom stereocenters. The standard InChI is InChI=1S/C22H27BrN4O2.H2/c1-15-17(13-16(23)14-24-15)20(28)18-7-5-8-19(25-18)26-9-6-10-27(12-11-26)21(29)22(2,3)4;/h5,7-8,13-14H,6,9-12H2,1-4H3;1H. The molecule has 0 aromatic carbocycles. The van der Waals surface area contributed by atoms with Crippen molar-refractivity contribution in [2.75, 3.05) is 31.1 Å². The molecule has 0 aliphatic carbocycles. The van der Waals surface area contributed by atoms with E-state index >= 15 is 0 Å². The van der Waals surface area contributed by atoms with E-state index in [9.17, 15) is 9.59 Å². The summed E-state index contributed by atoms with van der Waals surface area (Å²) in [7, 11) is 0. The summed E-state index contributed by atoms with van der Waals surface area (Å²) in [6.45, 7) is 10.6. The predicted molar refractivity (Wildman–Crippen MR) is 119 cm³/mol. The lowest BCUT2D eigenvalue weighted by Crippen LogP contribution is -2.41. The molecule has 1 amide bonds. The summed E-state index contributed by atoms with van der Waals surface area (Å²) in [6.07, 6.45) is 2.55. The number of pyridine rings is 2. The van der Waals surface area contributed by atoms with Crippen molar-refractivity contribution in [1.82, 2.24) is 14.9 Å². The molecular weight excluding hydrogens is 432 g/mol. The van der Waals surface area contributed by atoms with Gasteiger partial charge in [0.1, 0.15) is 11.5 Å². The SMILES string of the molecule is Cc1ncc(Br)cc1C(=O)c1cccc(N2CCCN(C(=O)C(C)(C)C)CC2)n1.[HH]. The molecule has 6 nitrogen and oxygen atoms in total. The van der Waals surface area contributed by atoms with Crippen LogP contribution in [0.1, 0.15) is 50.4 Å². The molecule has 3 rings (SSSR count). The van der Waals surface area contributed by atoms with Gasteiger partial charge in [0.25, 0.3) is 0 Å². The van der Waals surface area contributed by atoms with Crippen molar-refractivity contribution in [3.05, 3.63) is 51.9 Å². The lowest BCUT2D eigenvalue weighted by Gasteiger charge is -2.28. The number of hydrogen-bond donors (Lipinski definition) is 0. The summed E-state index contributed by atoms with van der Waals surface area (Å²) in [5.74, 6) is 0.799. The zero-order valence-corrected chi connectivity index (χ0v) is 19.0. The number of carbonyl (C=O) groups is 2. The Morgan fingerprint density at radius 1 is 1.14 bits per heavy atom. The fourth-order valence-electron chi connectivity index (χ4n) is 3.43. The monoisotopic (exact) mass is 460 g/mol. The van der Waals surface area contributed by atoms with Crippen molar-refractivity contribution in [2.24, 2.45) is 5.41 Å². The lowest BCUT2D eigenvalue weighted by molar-refractivity contribution is -0.139. The minimum Gasteiger partial charge on any atom is -0.355 e. The van der Waals surface area contributed by atoms with E-state index in [2.05, 4.69) is 30.8 Å². The van der Waals surface area contributed by atoms with Gasteiger partial charge in [-0.3, -0.25) is 14.6 Å². The highest BCUT2D eigenvalue weighted by atomic mass is 79.9. The van der Waals surface area contributed by atoms with Gasteiger partial charge >= 0.3 is 0 Å². The van der Waals surface area contributed by atoms with Gasteiger partial charge in [-0.1, -0.05) is 26.8 Å². The summed E-state index contributed by atoms with van der Waals surface area (Å²) in [5.41, 5.74) is 1.24. The van der Waals surface area contributed by atoms with Crippen LogP contribution in [0.5, 0.6) is 0 Å². The van der Waals surface area contributed by atoms with Crippen molar-refractivity contribution in [3.63, 3.8) is 0 Å². The highest BCUT2D eigenvalue weighted by Crippen LogP contribution is 2.22. The molecule has 1 fully saturated rings. The van der Waals surface area contributed by atoms with E-state index in [4.69, 9.17) is 0 Å². The van der Waals surface area contributed by atoms with Crippen LogP contribution in [0.4, 0.5) is 5.82 Å². The number of rotatable bonds is 3. The minimum atomic E-state index is -0.379. The maximum absolute atomic E-state index is 13.0. The number of aryl methyl sites for hydroxylation is 1. The van der Waals surface area contributed by atoms with E-state index in [0.29, 0.717) is 30.0 Å². The Labute approximate surface area is 181 Å². The van der Waals surface area contributed by atoms with Gasteiger partial charge in [0.05, 0.1) is 0 Å². The predicted octanol–water partition coefficient (Wildman–Crippen LogP) is 4.11. The van der Waals surface area contributed by atoms with Crippen molar-refractivity contribution in [3.8, 4) is 0 Å². The summed E-state index contributed by atoms with van der Waals surface area (Å²) in [4.78, 5) is 38.6. The Kier molecular flexibility index (Phi) is 6.36. The Hall–Kier alpha value is -2.28. The first kappa shape index (κ1) is 21.4. The molecule has 1 aliphatic rings. The molecule has 0 saturated carbocycles. The second kappa shape index (κ2) is 8.61. The maximum Gasteiger partial charge on any atom is 0.228 e. The third-order valence-electron chi connectivity index (χ3n) is 5.01. The Morgan fingerprint density at radius 2 is 1.90 bits per heavy atom. The number of aromatic nitrogens is 2. The molecule has 0 radical (unpaired) electrons. The fraction of sp³-hybridized carbons (Fsp3) is 0.455. The van der Waals surface area contributed by atoms with Gasteiger partial charge in [-0.15, -0.1) is 0 Å². The average Bonchev–Trinajstić information content (AvgIpc) is 2.94. The van der Waals surface area contributed by atoms with E-state index in [1.807, 2.05) is 44.7 Å². The number of halogens is 1. The smallest absolute Gasteiger partial charge is 0.228 e. The zero-order valence-electron chi connectivity index (χ0n) is 17.4. The van der Waals surface area contributed by atoms with Crippen LogP contribution >= 0.6 is 15.9 Å². The van der Waals surface area contributed by atoms with E-state index in [1.54, 1.807) is 18.3 Å². The van der Waals surface area contributed by atoms with Crippen LogP contribution in [-0.2, 0) is 4.79 Å². The highest BCUT2D eigenvalue weighted by molar-refractivity contribution is 9.10. The summed E-state index contributed by atoms with van der Waals surface area (Å²) >= 11 is 3.38. The van der Waals surface area contributed by atoms with Crippen LogP contribution in [0.2, 0.25) is 0 Å². The normalized spacial score (nSPS) is 15.2. The summed E-state index contributed by atoms with van der Waals surface area (Å²) in [6, 6.07) is 7.30. The van der Waals surface area contributed by atoms with Crippen LogP contribution in [0.25, 0.3) is 0 Å². The topological polar surface area (TPSA) is 66.4 Å². The molecule has 2 aromatic heterocycles. The van der Waals surface area contributed by atoms with Crippen LogP contribution in [0.3, 0.4) is 0 Å². The van der Waals surface area contributed by atoms with Crippen LogP contribution in [0, 0.1) is 12.3 Å². The Morgan fingerprint density at radius 3 is 2.62 bits per heavy atom. The first-order valence-electron chi connectivity index (χ1n) is 9.85. The van der Waals surface area contributed by atoms with Crippen molar-refractivity contribution < 1.29 is 11.0 Å². The van der Waals surface area contributed by atoms with Gasteiger partial charge in [-0.2, -0.15) is 0 Å². The number of ketones is 1. The zero-order chi connectivity index (χ0) is 21.2. The Balaban J connectivity index is 0.00000320. The molecule has 0 N–H and O–H groups in total. The largest absolute Gasteiger partial charge is 0.355 e. The first-order chi connectivity index (χ1) is 13.7. The molecule has 0 bridgehead atoms. The Bertz CT molecular complexity index is 930. The van der Waals surface area contributed by atoms with Crippen LogP contribution in [0.15, 0.2) is 34.9 Å². The number of carbonyl (C=O) groups excluding carboxylic acids is 2. The molecule has 7 heteroatoms. The molecule has 1 aliphatic heterocycles. The molecule has 0 spiro atoms.